The second kappa shape index (κ2) is 5.64. The van der Waals surface area contributed by atoms with Crippen molar-refractivity contribution < 1.29 is 9.84 Å². The van der Waals surface area contributed by atoms with Gasteiger partial charge in [0.05, 0.1) is 12.7 Å². The van der Waals surface area contributed by atoms with Crippen molar-refractivity contribution >= 4 is 11.6 Å². The summed E-state index contributed by atoms with van der Waals surface area (Å²) in [6, 6.07) is 15.0. The Morgan fingerprint density at radius 2 is 1.74 bits per heavy atom. The topological polar surface area (TPSA) is 29.5 Å². The average Bonchev–Trinajstić information content (AvgIpc) is 2.41. The molecule has 0 fully saturated rings. The molecule has 1 N–H and O–H groups in total. The third-order valence-corrected chi connectivity index (χ3v) is 3.40. The number of methoxy groups -OCH3 is 1. The molecule has 0 aromatic heterocycles. The van der Waals surface area contributed by atoms with E-state index < -0.39 is 5.60 Å². The van der Waals surface area contributed by atoms with E-state index in [0.717, 1.165) is 11.1 Å². The fourth-order valence-electron chi connectivity index (χ4n) is 2.18. The van der Waals surface area contributed by atoms with E-state index in [4.69, 9.17) is 16.3 Å². The first-order valence-corrected chi connectivity index (χ1v) is 6.51. The predicted molar refractivity (Wildman–Crippen MR) is 77.7 cm³/mol. The highest BCUT2D eigenvalue weighted by atomic mass is 35.5. The lowest BCUT2D eigenvalue weighted by atomic mass is 9.88. The van der Waals surface area contributed by atoms with E-state index in [1.807, 2.05) is 48.5 Å². The first-order chi connectivity index (χ1) is 9.03. The second-order valence-electron chi connectivity index (χ2n) is 4.78. The maximum absolute atomic E-state index is 10.7. The van der Waals surface area contributed by atoms with Crippen LogP contribution in [0.15, 0.2) is 48.5 Å². The standard InChI is InChI=1S/C16H17ClO2/c1-16(18,11-12-7-9-13(17)10-8-12)14-5-3-4-6-15(14)19-2/h3-10,18H,11H2,1-2H3. The molecule has 3 heteroatoms. The molecule has 100 valence electrons. The Hall–Kier alpha value is -1.51. The van der Waals surface area contributed by atoms with E-state index in [-0.39, 0.29) is 0 Å². The third-order valence-electron chi connectivity index (χ3n) is 3.15. The van der Waals surface area contributed by atoms with Gasteiger partial charge in [-0.05, 0) is 30.7 Å². The van der Waals surface area contributed by atoms with Gasteiger partial charge in [-0.1, -0.05) is 41.9 Å². The average molecular weight is 277 g/mol. The van der Waals surface area contributed by atoms with E-state index in [0.29, 0.717) is 17.2 Å². The SMILES string of the molecule is COc1ccccc1C(C)(O)Cc1ccc(Cl)cc1. The van der Waals surface area contributed by atoms with Crippen molar-refractivity contribution in [2.75, 3.05) is 7.11 Å². The summed E-state index contributed by atoms with van der Waals surface area (Å²) >= 11 is 5.87. The second-order valence-corrected chi connectivity index (χ2v) is 5.21. The molecule has 0 amide bonds. The number of hydrogen-bond donors (Lipinski definition) is 1. The number of benzene rings is 2. The molecule has 2 nitrogen and oxygen atoms in total. The van der Waals surface area contributed by atoms with Gasteiger partial charge in [-0.2, -0.15) is 0 Å². The molecular formula is C16H17ClO2. The van der Waals surface area contributed by atoms with Gasteiger partial charge < -0.3 is 9.84 Å². The lowest BCUT2D eigenvalue weighted by Crippen LogP contribution is -2.25. The monoisotopic (exact) mass is 276 g/mol. The molecule has 2 aromatic carbocycles. The summed E-state index contributed by atoms with van der Waals surface area (Å²) in [6.07, 6.45) is 0.505. The van der Waals surface area contributed by atoms with Crippen LogP contribution in [-0.2, 0) is 12.0 Å². The quantitative estimate of drug-likeness (QED) is 0.920. The van der Waals surface area contributed by atoms with Gasteiger partial charge in [0.25, 0.3) is 0 Å². The van der Waals surface area contributed by atoms with E-state index in [1.165, 1.54) is 0 Å². The Balaban J connectivity index is 2.29. The zero-order valence-corrected chi connectivity index (χ0v) is 11.8. The van der Waals surface area contributed by atoms with Gasteiger partial charge in [-0.25, -0.2) is 0 Å². The molecule has 1 atom stereocenters. The summed E-state index contributed by atoms with van der Waals surface area (Å²) in [5.74, 6) is 0.696. The van der Waals surface area contributed by atoms with E-state index >= 15 is 0 Å². The highest BCUT2D eigenvalue weighted by molar-refractivity contribution is 6.30. The first-order valence-electron chi connectivity index (χ1n) is 6.13. The summed E-state index contributed by atoms with van der Waals surface area (Å²) in [5.41, 5.74) is 0.827. The molecule has 19 heavy (non-hydrogen) atoms. The van der Waals surface area contributed by atoms with Crippen LogP contribution in [0.3, 0.4) is 0 Å². The Bertz CT molecular complexity index is 547. The van der Waals surface area contributed by atoms with Gasteiger partial charge in [-0.15, -0.1) is 0 Å². The fourth-order valence-corrected chi connectivity index (χ4v) is 2.31. The van der Waals surface area contributed by atoms with Gasteiger partial charge in [0.1, 0.15) is 5.75 Å². The number of halogens is 1. The van der Waals surface area contributed by atoms with Crippen LogP contribution in [0.4, 0.5) is 0 Å². The number of aliphatic hydroxyl groups is 1. The first kappa shape index (κ1) is 13.9. The molecule has 0 aliphatic carbocycles. The fraction of sp³-hybridized carbons (Fsp3) is 0.250. The van der Waals surface area contributed by atoms with Gasteiger partial charge in [0.2, 0.25) is 0 Å². The van der Waals surface area contributed by atoms with Crippen molar-refractivity contribution in [3.05, 3.63) is 64.7 Å². The van der Waals surface area contributed by atoms with Gasteiger partial charge in [0.15, 0.2) is 0 Å². The molecule has 0 aliphatic heterocycles. The van der Waals surface area contributed by atoms with Crippen molar-refractivity contribution in [2.45, 2.75) is 18.9 Å². The van der Waals surface area contributed by atoms with Crippen LogP contribution in [-0.4, -0.2) is 12.2 Å². The van der Waals surface area contributed by atoms with Crippen LogP contribution < -0.4 is 4.74 Å². The highest BCUT2D eigenvalue weighted by Gasteiger charge is 2.26. The lowest BCUT2D eigenvalue weighted by molar-refractivity contribution is 0.0549. The number of hydrogen-bond acceptors (Lipinski definition) is 2. The molecule has 1 unspecified atom stereocenters. The van der Waals surface area contributed by atoms with Gasteiger partial charge in [0, 0.05) is 17.0 Å². The van der Waals surface area contributed by atoms with Crippen molar-refractivity contribution in [3.63, 3.8) is 0 Å². The molecule has 2 aromatic rings. The molecule has 0 spiro atoms. The Morgan fingerprint density at radius 1 is 1.11 bits per heavy atom. The zero-order chi connectivity index (χ0) is 13.9. The van der Waals surface area contributed by atoms with Crippen molar-refractivity contribution in [2.24, 2.45) is 0 Å². The summed E-state index contributed by atoms with van der Waals surface area (Å²) in [7, 11) is 1.61. The lowest BCUT2D eigenvalue weighted by Gasteiger charge is -2.26. The Kier molecular flexibility index (Phi) is 4.13. The number of rotatable bonds is 4. The van der Waals surface area contributed by atoms with Crippen LogP contribution in [0.1, 0.15) is 18.1 Å². The molecule has 2 rings (SSSR count). The summed E-state index contributed by atoms with van der Waals surface area (Å²) in [4.78, 5) is 0. The molecule has 0 radical (unpaired) electrons. The largest absolute Gasteiger partial charge is 0.496 e. The van der Waals surface area contributed by atoms with Gasteiger partial charge in [-0.3, -0.25) is 0 Å². The van der Waals surface area contributed by atoms with Crippen molar-refractivity contribution in [1.82, 2.24) is 0 Å². The minimum Gasteiger partial charge on any atom is -0.496 e. The molecule has 0 saturated carbocycles. The smallest absolute Gasteiger partial charge is 0.124 e. The minimum atomic E-state index is -0.986. The van der Waals surface area contributed by atoms with E-state index in [1.54, 1.807) is 14.0 Å². The van der Waals surface area contributed by atoms with Crippen LogP contribution in [0, 0.1) is 0 Å². The predicted octanol–water partition coefficient (Wildman–Crippen LogP) is 3.80. The normalized spacial score (nSPS) is 13.9. The molecule has 0 aliphatic rings. The van der Waals surface area contributed by atoms with Crippen LogP contribution in [0.5, 0.6) is 5.75 Å². The summed E-state index contributed by atoms with van der Waals surface area (Å²) in [5, 5.41) is 11.4. The van der Waals surface area contributed by atoms with Crippen molar-refractivity contribution in [1.29, 1.82) is 0 Å². The van der Waals surface area contributed by atoms with E-state index in [2.05, 4.69) is 0 Å². The van der Waals surface area contributed by atoms with Gasteiger partial charge >= 0.3 is 0 Å². The molecule has 0 saturated heterocycles. The molecule has 0 bridgehead atoms. The Morgan fingerprint density at radius 3 is 2.37 bits per heavy atom. The highest BCUT2D eigenvalue weighted by Crippen LogP contribution is 2.32. The van der Waals surface area contributed by atoms with Crippen molar-refractivity contribution in [3.8, 4) is 5.75 Å². The van der Waals surface area contributed by atoms with Crippen LogP contribution >= 0.6 is 11.6 Å². The van der Waals surface area contributed by atoms with Crippen LogP contribution in [0.2, 0.25) is 5.02 Å². The maximum atomic E-state index is 10.7. The minimum absolute atomic E-state index is 0.505. The van der Waals surface area contributed by atoms with E-state index in [9.17, 15) is 5.11 Å². The number of para-hydroxylation sites is 1. The summed E-state index contributed by atoms with van der Waals surface area (Å²) in [6.45, 7) is 1.79. The zero-order valence-electron chi connectivity index (χ0n) is 11.1. The molecule has 0 heterocycles. The van der Waals surface area contributed by atoms with Crippen LogP contribution in [0.25, 0.3) is 0 Å². The molecular weight excluding hydrogens is 260 g/mol. The number of ether oxygens (including phenoxy) is 1. The summed E-state index contributed by atoms with van der Waals surface area (Å²) < 4.78 is 5.31. The maximum Gasteiger partial charge on any atom is 0.124 e. The Labute approximate surface area is 118 Å². The third kappa shape index (κ3) is 3.28.